The van der Waals surface area contributed by atoms with Gasteiger partial charge in [-0.1, -0.05) is 22.9 Å². The van der Waals surface area contributed by atoms with Crippen molar-refractivity contribution in [3.63, 3.8) is 0 Å². The minimum absolute atomic E-state index is 0.0419. The summed E-state index contributed by atoms with van der Waals surface area (Å²) in [5.74, 6) is -0.721. The molecular formula is C24H26ClF2N7OS. The molecule has 1 saturated heterocycles. The number of rotatable bonds is 8. The molecule has 8 nitrogen and oxygen atoms in total. The van der Waals surface area contributed by atoms with Crippen LogP contribution in [0.1, 0.15) is 12.8 Å². The molecule has 1 aliphatic heterocycles. The average Bonchev–Trinajstić information content (AvgIpc) is 3.49. The van der Waals surface area contributed by atoms with Gasteiger partial charge in [0, 0.05) is 42.7 Å². The van der Waals surface area contributed by atoms with Crippen LogP contribution < -0.4 is 21.1 Å². The number of nitrogens with two attached hydrogens (primary N) is 1. The largest absolute Gasteiger partial charge is 0.462 e. The van der Waals surface area contributed by atoms with Crippen LogP contribution in [0.25, 0.3) is 32.2 Å². The van der Waals surface area contributed by atoms with Crippen molar-refractivity contribution in [1.82, 2.24) is 19.9 Å². The van der Waals surface area contributed by atoms with Crippen LogP contribution >= 0.6 is 22.9 Å². The van der Waals surface area contributed by atoms with Crippen LogP contribution in [0, 0.1) is 11.6 Å². The monoisotopic (exact) mass is 533 g/mol. The molecule has 2 aromatic heterocycles. The van der Waals surface area contributed by atoms with Crippen molar-refractivity contribution in [1.29, 1.82) is 0 Å². The van der Waals surface area contributed by atoms with Gasteiger partial charge in [0.05, 0.1) is 15.2 Å². The molecule has 0 aliphatic carbocycles. The van der Waals surface area contributed by atoms with Crippen LogP contribution in [0.3, 0.4) is 0 Å². The van der Waals surface area contributed by atoms with Gasteiger partial charge >= 0.3 is 6.01 Å². The number of thiazole rings is 1. The van der Waals surface area contributed by atoms with E-state index in [1.54, 1.807) is 13.1 Å². The summed E-state index contributed by atoms with van der Waals surface area (Å²) in [5.41, 5.74) is 6.49. The highest BCUT2D eigenvalue weighted by atomic mass is 35.5. The zero-order chi connectivity index (χ0) is 25.4. The van der Waals surface area contributed by atoms with Crippen molar-refractivity contribution in [2.75, 3.05) is 51.0 Å². The molecule has 1 unspecified atom stereocenters. The molecule has 0 spiro atoms. The number of anilines is 2. The standard InChI is InChI=1S/C24H26ClF2N7OS/c1-29-24-32-20-13(5-6-16(26)21(20)36-24)17-15(25)10-14-19(18(17)27)31-23(33-22(14)30-8-7-28)35-11-12-4-3-9-34(12)2/h5-6,10,12H,3-4,7-9,11,28H2,1-2H3,(H,29,32)(H,30,31,33). The van der Waals surface area contributed by atoms with E-state index >= 15 is 4.39 Å². The molecule has 0 amide bonds. The Hall–Kier alpha value is -2.86. The van der Waals surface area contributed by atoms with Crippen LogP contribution in [0.15, 0.2) is 18.2 Å². The molecule has 3 heterocycles. The smallest absolute Gasteiger partial charge is 0.319 e. The lowest BCUT2D eigenvalue weighted by Crippen LogP contribution is -2.31. The maximum Gasteiger partial charge on any atom is 0.319 e. The second-order valence-corrected chi connectivity index (χ2v) is 10.0. The number of likely N-dealkylation sites (N-methyl/N-ethyl adjacent to an activating group) is 1. The van der Waals surface area contributed by atoms with Crippen LogP contribution in [0.5, 0.6) is 6.01 Å². The van der Waals surface area contributed by atoms with E-state index in [0.717, 1.165) is 30.7 Å². The number of hydrogen-bond donors (Lipinski definition) is 3. The number of aromatic nitrogens is 3. The number of ether oxygens (including phenoxy) is 1. The lowest BCUT2D eigenvalue weighted by Gasteiger charge is -2.19. The van der Waals surface area contributed by atoms with E-state index in [2.05, 4.69) is 30.5 Å². The molecule has 5 rings (SSSR count). The third kappa shape index (κ3) is 4.52. The second kappa shape index (κ2) is 10.3. The fourth-order valence-electron chi connectivity index (χ4n) is 4.46. The molecule has 12 heteroatoms. The van der Waals surface area contributed by atoms with Gasteiger partial charge in [-0.25, -0.2) is 13.8 Å². The van der Waals surface area contributed by atoms with E-state index in [1.165, 1.54) is 12.1 Å². The van der Waals surface area contributed by atoms with Gasteiger partial charge in [-0.2, -0.15) is 9.97 Å². The molecular weight excluding hydrogens is 508 g/mol. The van der Waals surface area contributed by atoms with Gasteiger partial charge in [0.15, 0.2) is 10.9 Å². The normalized spacial score (nSPS) is 16.2. The second-order valence-electron chi connectivity index (χ2n) is 8.64. The first-order valence-corrected chi connectivity index (χ1v) is 12.8. The molecule has 2 aromatic carbocycles. The number of benzene rings is 2. The first-order valence-electron chi connectivity index (χ1n) is 11.6. The Kier molecular flexibility index (Phi) is 7.07. The van der Waals surface area contributed by atoms with E-state index in [4.69, 9.17) is 22.1 Å². The maximum atomic E-state index is 16.2. The van der Waals surface area contributed by atoms with Crippen molar-refractivity contribution in [3.05, 3.63) is 34.9 Å². The summed E-state index contributed by atoms with van der Waals surface area (Å²) in [4.78, 5) is 15.6. The first kappa shape index (κ1) is 24.8. The minimum atomic E-state index is -0.662. The third-order valence-corrected chi connectivity index (χ3v) is 7.73. The lowest BCUT2D eigenvalue weighted by atomic mass is 10.0. The van der Waals surface area contributed by atoms with E-state index in [1.807, 2.05) is 7.05 Å². The molecule has 190 valence electrons. The van der Waals surface area contributed by atoms with E-state index in [0.29, 0.717) is 51.8 Å². The number of likely N-dealkylation sites (tertiary alicyclic amines) is 1. The van der Waals surface area contributed by atoms with E-state index < -0.39 is 11.6 Å². The van der Waals surface area contributed by atoms with Crippen LogP contribution in [0.2, 0.25) is 5.02 Å². The topological polar surface area (TPSA) is 101 Å². The number of nitrogens with zero attached hydrogens (tertiary/aromatic N) is 4. The molecule has 4 N–H and O–H groups in total. The van der Waals surface area contributed by atoms with Crippen molar-refractivity contribution >= 4 is 55.0 Å². The van der Waals surface area contributed by atoms with Gasteiger partial charge in [0.25, 0.3) is 0 Å². The highest BCUT2D eigenvalue weighted by molar-refractivity contribution is 7.22. The zero-order valence-corrected chi connectivity index (χ0v) is 21.4. The third-order valence-electron chi connectivity index (χ3n) is 6.35. The first-order chi connectivity index (χ1) is 17.4. The summed E-state index contributed by atoms with van der Waals surface area (Å²) in [6, 6.07) is 4.67. The predicted octanol–water partition coefficient (Wildman–Crippen LogP) is 4.72. The summed E-state index contributed by atoms with van der Waals surface area (Å²) in [5, 5.41) is 7.07. The Balaban J connectivity index is 1.65. The number of halogens is 3. The molecule has 4 aromatic rings. The Bertz CT molecular complexity index is 1430. The Labute approximate surface area is 215 Å². The molecule has 36 heavy (non-hydrogen) atoms. The van der Waals surface area contributed by atoms with Crippen molar-refractivity contribution in [2.45, 2.75) is 18.9 Å². The van der Waals surface area contributed by atoms with E-state index in [-0.39, 0.29) is 28.2 Å². The van der Waals surface area contributed by atoms with Crippen LogP contribution in [-0.4, -0.2) is 66.2 Å². The maximum absolute atomic E-state index is 16.2. The highest BCUT2D eigenvalue weighted by Crippen LogP contribution is 2.42. The summed E-state index contributed by atoms with van der Waals surface area (Å²) in [6.45, 7) is 2.17. The van der Waals surface area contributed by atoms with Crippen molar-refractivity contribution in [3.8, 4) is 17.1 Å². The van der Waals surface area contributed by atoms with Gasteiger partial charge in [-0.05, 0) is 44.6 Å². The summed E-state index contributed by atoms with van der Waals surface area (Å²) >= 11 is 7.76. The Morgan fingerprint density at radius 3 is 2.81 bits per heavy atom. The fraction of sp³-hybridized carbons (Fsp3) is 0.375. The molecule has 1 atom stereocenters. The summed E-state index contributed by atoms with van der Waals surface area (Å²) < 4.78 is 36.9. The van der Waals surface area contributed by atoms with Gasteiger partial charge in [0.2, 0.25) is 0 Å². The molecule has 0 radical (unpaired) electrons. The minimum Gasteiger partial charge on any atom is -0.462 e. The molecule has 1 aliphatic rings. The fourth-order valence-corrected chi connectivity index (χ4v) is 5.60. The average molecular weight is 534 g/mol. The van der Waals surface area contributed by atoms with Gasteiger partial charge in [-0.3, -0.25) is 0 Å². The lowest BCUT2D eigenvalue weighted by molar-refractivity contribution is 0.188. The number of nitrogens with one attached hydrogen (secondary N) is 2. The zero-order valence-electron chi connectivity index (χ0n) is 19.9. The molecule has 0 bridgehead atoms. The van der Waals surface area contributed by atoms with E-state index in [9.17, 15) is 4.39 Å². The van der Waals surface area contributed by atoms with Crippen LogP contribution in [0.4, 0.5) is 19.7 Å². The van der Waals surface area contributed by atoms with Gasteiger partial charge < -0.3 is 26.0 Å². The van der Waals surface area contributed by atoms with Gasteiger partial charge in [-0.15, -0.1) is 0 Å². The SMILES string of the molecule is CNc1nc2c(-c3c(Cl)cc4c(NCCN)nc(OCC5CCCN5C)nc4c3F)ccc(F)c2s1. The summed E-state index contributed by atoms with van der Waals surface area (Å²) in [7, 11) is 3.74. The van der Waals surface area contributed by atoms with Crippen molar-refractivity contribution in [2.24, 2.45) is 5.73 Å². The molecule has 0 saturated carbocycles. The van der Waals surface area contributed by atoms with Crippen LogP contribution in [-0.2, 0) is 0 Å². The quantitative estimate of drug-likeness (QED) is 0.299. The number of fused-ring (bicyclic) bond motifs is 2. The van der Waals surface area contributed by atoms with Gasteiger partial charge in [0.1, 0.15) is 23.8 Å². The number of hydrogen-bond acceptors (Lipinski definition) is 9. The van der Waals surface area contributed by atoms with Crippen molar-refractivity contribution < 1.29 is 13.5 Å². The predicted molar refractivity (Wildman–Crippen MR) is 141 cm³/mol. The highest BCUT2D eigenvalue weighted by Gasteiger charge is 2.25. The Morgan fingerprint density at radius 2 is 2.08 bits per heavy atom. The molecule has 1 fully saturated rings. The summed E-state index contributed by atoms with van der Waals surface area (Å²) in [6.07, 6.45) is 2.11. The Morgan fingerprint density at radius 1 is 1.25 bits per heavy atom.